The van der Waals surface area contributed by atoms with Crippen molar-refractivity contribution in [1.29, 1.82) is 0 Å². The van der Waals surface area contributed by atoms with Gasteiger partial charge < -0.3 is 10.1 Å². The standard InChI is InChI=1S/C13H23F3N2O/c1-2-17-12-5-6-19-8-10(12)7-18(11-3-4-11)9-13(14,15)16/h10-12,17H,2-9H2,1H3. The summed E-state index contributed by atoms with van der Waals surface area (Å²) in [6, 6.07) is 0.416. The van der Waals surface area contributed by atoms with E-state index in [0.29, 0.717) is 19.8 Å². The van der Waals surface area contributed by atoms with Crippen LogP contribution in [0.5, 0.6) is 0 Å². The molecule has 0 amide bonds. The van der Waals surface area contributed by atoms with E-state index in [4.69, 9.17) is 4.74 Å². The number of rotatable bonds is 6. The van der Waals surface area contributed by atoms with Gasteiger partial charge in [-0.15, -0.1) is 0 Å². The fraction of sp³-hybridized carbons (Fsp3) is 1.00. The van der Waals surface area contributed by atoms with Crippen LogP contribution in [0, 0.1) is 5.92 Å². The number of alkyl halides is 3. The number of nitrogens with one attached hydrogen (secondary N) is 1. The van der Waals surface area contributed by atoms with Crippen molar-refractivity contribution >= 4 is 0 Å². The van der Waals surface area contributed by atoms with Crippen molar-refractivity contribution in [3.05, 3.63) is 0 Å². The molecule has 0 aromatic rings. The second-order valence-corrected chi connectivity index (χ2v) is 5.56. The summed E-state index contributed by atoms with van der Waals surface area (Å²) in [7, 11) is 0. The number of halogens is 3. The monoisotopic (exact) mass is 280 g/mol. The van der Waals surface area contributed by atoms with Crippen LogP contribution in [0.1, 0.15) is 26.2 Å². The predicted molar refractivity (Wildman–Crippen MR) is 67.0 cm³/mol. The summed E-state index contributed by atoms with van der Waals surface area (Å²) in [5.74, 6) is 0.164. The fourth-order valence-electron chi connectivity index (χ4n) is 2.82. The summed E-state index contributed by atoms with van der Waals surface area (Å²) in [5, 5.41) is 3.37. The van der Waals surface area contributed by atoms with Gasteiger partial charge >= 0.3 is 6.18 Å². The number of nitrogens with zero attached hydrogens (tertiary/aromatic N) is 1. The van der Waals surface area contributed by atoms with E-state index < -0.39 is 12.7 Å². The third kappa shape index (κ3) is 4.93. The van der Waals surface area contributed by atoms with Crippen LogP contribution in [0.25, 0.3) is 0 Å². The first-order valence-corrected chi connectivity index (χ1v) is 7.11. The lowest BCUT2D eigenvalue weighted by molar-refractivity contribution is -0.150. The lowest BCUT2D eigenvalue weighted by atomic mass is 9.95. The zero-order valence-electron chi connectivity index (χ0n) is 11.4. The second-order valence-electron chi connectivity index (χ2n) is 5.56. The Labute approximate surface area is 112 Å². The molecular formula is C13H23F3N2O. The Bertz CT molecular complexity index is 280. The average Bonchev–Trinajstić information content (AvgIpc) is 3.13. The molecule has 1 aliphatic carbocycles. The van der Waals surface area contributed by atoms with Crippen LogP contribution >= 0.6 is 0 Å². The zero-order chi connectivity index (χ0) is 13.9. The van der Waals surface area contributed by atoms with E-state index in [1.807, 2.05) is 6.92 Å². The van der Waals surface area contributed by atoms with E-state index in [1.54, 1.807) is 4.90 Å². The quantitative estimate of drug-likeness (QED) is 0.805. The van der Waals surface area contributed by atoms with Gasteiger partial charge in [0.15, 0.2) is 0 Å². The number of hydrogen-bond donors (Lipinski definition) is 1. The predicted octanol–water partition coefficient (Wildman–Crippen LogP) is 2.03. The highest BCUT2D eigenvalue weighted by molar-refractivity contribution is 4.90. The molecule has 19 heavy (non-hydrogen) atoms. The number of hydrogen-bond acceptors (Lipinski definition) is 3. The Morgan fingerprint density at radius 3 is 2.58 bits per heavy atom. The van der Waals surface area contributed by atoms with Crippen molar-refractivity contribution in [1.82, 2.24) is 10.2 Å². The minimum Gasteiger partial charge on any atom is -0.381 e. The molecular weight excluding hydrogens is 257 g/mol. The Morgan fingerprint density at radius 1 is 1.26 bits per heavy atom. The van der Waals surface area contributed by atoms with Gasteiger partial charge in [0.05, 0.1) is 13.2 Å². The molecule has 3 nitrogen and oxygen atoms in total. The van der Waals surface area contributed by atoms with Crippen molar-refractivity contribution < 1.29 is 17.9 Å². The lowest BCUT2D eigenvalue weighted by Gasteiger charge is -2.36. The van der Waals surface area contributed by atoms with Crippen LogP contribution in [-0.2, 0) is 4.74 Å². The van der Waals surface area contributed by atoms with E-state index in [9.17, 15) is 13.2 Å². The second kappa shape index (κ2) is 6.41. The zero-order valence-corrected chi connectivity index (χ0v) is 11.4. The Kier molecular flexibility index (Phi) is 5.09. The van der Waals surface area contributed by atoms with E-state index in [1.165, 1.54) is 0 Å². The summed E-state index contributed by atoms with van der Waals surface area (Å²) < 4.78 is 43.3. The molecule has 0 bridgehead atoms. The first kappa shape index (κ1) is 15.1. The van der Waals surface area contributed by atoms with Gasteiger partial charge in [0, 0.05) is 31.2 Å². The Balaban J connectivity index is 1.91. The molecule has 0 aromatic carbocycles. The molecule has 2 rings (SSSR count). The van der Waals surface area contributed by atoms with Crippen LogP contribution in [-0.4, -0.2) is 56.0 Å². The van der Waals surface area contributed by atoms with Crippen LogP contribution < -0.4 is 5.32 Å². The molecule has 112 valence electrons. The van der Waals surface area contributed by atoms with E-state index in [2.05, 4.69) is 5.32 Å². The highest BCUT2D eigenvalue weighted by Gasteiger charge is 2.40. The van der Waals surface area contributed by atoms with Crippen molar-refractivity contribution in [2.45, 2.75) is 44.4 Å². The van der Waals surface area contributed by atoms with Crippen molar-refractivity contribution in [3.8, 4) is 0 Å². The molecule has 1 aliphatic heterocycles. The lowest BCUT2D eigenvalue weighted by Crippen LogP contribution is -2.49. The maximum absolute atomic E-state index is 12.6. The summed E-state index contributed by atoms with van der Waals surface area (Å²) in [4.78, 5) is 1.60. The van der Waals surface area contributed by atoms with Crippen LogP contribution in [0.4, 0.5) is 13.2 Å². The van der Waals surface area contributed by atoms with Crippen molar-refractivity contribution in [2.75, 3.05) is 32.8 Å². The summed E-state index contributed by atoms with van der Waals surface area (Å²) >= 11 is 0. The van der Waals surface area contributed by atoms with Crippen LogP contribution in [0.2, 0.25) is 0 Å². The van der Waals surface area contributed by atoms with Crippen LogP contribution in [0.3, 0.4) is 0 Å². The maximum atomic E-state index is 12.6. The molecule has 2 aliphatic rings. The van der Waals surface area contributed by atoms with Crippen molar-refractivity contribution in [2.24, 2.45) is 5.92 Å². The minimum absolute atomic E-state index is 0.130. The Morgan fingerprint density at radius 2 is 2.00 bits per heavy atom. The average molecular weight is 280 g/mol. The first-order valence-electron chi connectivity index (χ1n) is 7.11. The van der Waals surface area contributed by atoms with Gasteiger partial charge in [-0.1, -0.05) is 6.92 Å². The normalized spacial score (nSPS) is 28.9. The third-order valence-corrected chi connectivity index (χ3v) is 3.86. The number of ether oxygens (including phenoxy) is 1. The van der Waals surface area contributed by atoms with Crippen molar-refractivity contribution in [3.63, 3.8) is 0 Å². The summed E-state index contributed by atoms with van der Waals surface area (Å²) in [6.45, 7) is 3.86. The molecule has 6 heteroatoms. The molecule has 2 fully saturated rings. The third-order valence-electron chi connectivity index (χ3n) is 3.86. The maximum Gasteiger partial charge on any atom is 0.401 e. The SMILES string of the molecule is CCNC1CCOCC1CN(CC(F)(F)F)C1CC1. The van der Waals surface area contributed by atoms with Gasteiger partial charge in [-0.25, -0.2) is 0 Å². The molecule has 1 saturated carbocycles. The molecule has 2 atom stereocenters. The minimum atomic E-state index is -4.11. The summed E-state index contributed by atoms with van der Waals surface area (Å²) in [5.41, 5.74) is 0. The van der Waals surface area contributed by atoms with Gasteiger partial charge in [0.2, 0.25) is 0 Å². The molecule has 1 heterocycles. The highest BCUT2D eigenvalue weighted by Crippen LogP contribution is 2.31. The van der Waals surface area contributed by atoms with Gasteiger partial charge in [-0.05, 0) is 25.8 Å². The molecule has 2 unspecified atom stereocenters. The van der Waals surface area contributed by atoms with Crippen LogP contribution in [0.15, 0.2) is 0 Å². The van der Waals surface area contributed by atoms with Gasteiger partial charge in [0.1, 0.15) is 0 Å². The highest BCUT2D eigenvalue weighted by atomic mass is 19.4. The molecule has 1 saturated heterocycles. The van der Waals surface area contributed by atoms with E-state index in [-0.39, 0.29) is 18.0 Å². The largest absolute Gasteiger partial charge is 0.401 e. The van der Waals surface area contributed by atoms with Gasteiger partial charge in [-0.3, -0.25) is 4.90 Å². The smallest absolute Gasteiger partial charge is 0.381 e. The van der Waals surface area contributed by atoms with Gasteiger partial charge in [0.25, 0.3) is 0 Å². The topological polar surface area (TPSA) is 24.5 Å². The molecule has 0 spiro atoms. The summed E-state index contributed by atoms with van der Waals surface area (Å²) in [6.07, 6.45) is -1.42. The van der Waals surface area contributed by atoms with Gasteiger partial charge in [-0.2, -0.15) is 13.2 Å². The first-order chi connectivity index (χ1) is 8.99. The molecule has 0 radical (unpaired) electrons. The fourth-order valence-corrected chi connectivity index (χ4v) is 2.82. The molecule has 0 aromatic heterocycles. The van der Waals surface area contributed by atoms with E-state index >= 15 is 0 Å². The Hall–Kier alpha value is -0.330. The van der Waals surface area contributed by atoms with E-state index in [0.717, 1.165) is 25.8 Å². The molecule has 1 N–H and O–H groups in total.